The normalized spacial score (nSPS) is 13.2. The molecule has 0 aliphatic heterocycles. The first-order valence-corrected chi connectivity index (χ1v) is 18.3. The molecular formula is C51H29N3O2. The van der Waals surface area contributed by atoms with Crippen LogP contribution in [0.15, 0.2) is 185 Å². The van der Waals surface area contributed by atoms with Gasteiger partial charge in [0.15, 0.2) is 17.5 Å². The summed E-state index contributed by atoms with van der Waals surface area (Å²) < 4.78 is 55.4. The molecule has 0 bridgehead atoms. The summed E-state index contributed by atoms with van der Waals surface area (Å²) in [4.78, 5) is 14.4. The Kier molecular flexibility index (Phi) is 5.58. The minimum Gasteiger partial charge on any atom is -0.456 e. The van der Waals surface area contributed by atoms with Gasteiger partial charge in [-0.15, -0.1) is 0 Å². The highest BCUT2D eigenvalue weighted by Gasteiger charge is 2.18. The molecule has 0 spiro atoms. The summed E-state index contributed by atoms with van der Waals surface area (Å²) in [6.07, 6.45) is 0. The molecule has 56 heavy (non-hydrogen) atoms. The van der Waals surface area contributed by atoms with Crippen molar-refractivity contribution in [3.05, 3.63) is 176 Å². The third-order valence-corrected chi connectivity index (χ3v) is 10.8. The van der Waals surface area contributed by atoms with Gasteiger partial charge in [-0.3, -0.25) is 0 Å². The summed E-state index contributed by atoms with van der Waals surface area (Å²) in [5, 5.41) is 11.0. The van der Waals surface area contributed by atoms with Crippen molar-refractivity contribution >= 4 is 76.2 Å². The first kappa shape index (κ1) is 26.2. The van der Waals surface area contributed by atoms with E-state index in [1.165, 1.54) is 32.3 Å². The van der Waals surface area contributed by atoms with Crippen molar-refractivity contribution in [1.82, 2.24) is 15.0 Å². The lowest BCUT2D eigenvalue weighted by Gasteiger charge is -2.12. The van der Waals surface area contributed by atoms with E-state index in [4.69, 9.17) is 30.6 Å². The molecule has 5 nitrogen and oxygen atoms in total. The van der Waals surface area contributed by atoms with Gasteiger partial charge in [0.2, 0.25) is 0 Å². The molecule has 0 aliphatic rings. The van der Waals surface area contributed by atoms with Crippen LogP contribution in [0.25, 0.3) is 121 Å². The zero-order valence-electron chi connectivity index (χ0n) is 34.5. The minimum absolute atomic E-state index is 0.0506. The summed E-state index contributed by atoms with van der Waals surface area (Å²) in [6.45, 7) is 0. The Labute approximate surface area is 327 Å². The van der Waals surface area contributed by atoms with E-state index >= 15 is 0 Å². The van der Waals surface area contributed by atoms with Crippen LogP contribution in [0.2, 0.25) is 0 Å². The fourth-order valence-electron chi connectivity index (χ4n) is 8.21. The van der Waals surface area contributed by atoms with Gasteiger partial charge in [-0.2, -0.15) is 0 Å². The smallest absolute Gasteiger partial charge is 0.164 e. The van der Waals surface area contributed by atoms with Crippen LogP contribution in [0.4, 0.5) is 0 Å². The quantitative estimate of drug-likeness (QED) is 0.169. The van der Waals surface area contributed by atoms with Crippen LogP contribution in [0.1, 0.15) is 6.85 Å². The van der Waals surface area contributed by atoms with Crippen LogP contribution in [-0.4, -0.2) is 15.0 Å². The highest BCUT2D eigenvalue weighted by molar-refractivity contribution is 6.26. The Hall–Kier alpha value is -7.63. The molecule has 3 aromatic heterocycles. The van der Waals surface area contributed by atoms with Gasteiger partial charge in [0.05, 0.1) is 6.85 Å². The number of hydrogen-bond acceptors (Lipinski definition) is 5. The second kappa shape index (κ2) is 11.9. The van der Waals surface area contributed by atoms with Crippen LogP contribution < -0.4 is 0 Å². The molecule has 9 aromatic carbocycles. The molecule has 12 rings (SSSR count). The van der Waals surface area contributed by atoms with Crippen molar-refractivity contribution < 1.29 is 15.7 Å². The lowest BCUT2D eigenvalue weighted by atomic mass is 9.92. The Balaban J connectivity index is 1.03. The SMILES string of the molecule is [2H]c1c([2H])c([2H])c(-c2nc(-c3ccc4c(c3)oc3ccccc34)nc(-c3ccc4c(c3)oc3c(-c5ccc6c7ccccc7c7ccccc7c6c5)cccc34)n2)c([2H])c1[2H]. The van der Waals surface area contributed by atoms with Gasteiger partial charge >= 0.3 is 0 Å². The first-order valence-electron chi connectivity index (χ1n) is 20.8. The van der Waals surface area contributed by atoms with E-state index < -0.39 is 30.2 Å². The lowest BCUT2D eigenvalue weighted by molar-refractivity contribution is 0.669. The maximum Gasteiger partial charge on any atom is 0.164 e. The van der Waals surface area contributed by atoms with E-state index in [0.29, 0.717) is 22.3 Å². The summed E-state index contributed by atoms with van der Waals surface area (Å²) in [6, 6.07) is 46.9. The van der Waals surface area contributed by atoms with Crippen molar-refractivity contribution in [1.29, 1.82) is 0 Å². The molecule has 0 aliphatic carbocycles. The van der Waals surface area contributed by atoms with Crippen LogP contribution in [0.3, 0.4) is 0 Å². The van der Waals surface area contributed by atoms with Gasteiger partial charge in [0.25, 0.3) is 0 Å². The molecule has 0 saturated carbocycles. The maximum absolute atomic E-state index is 8.77. The predicted octanol–water partition coefficient (Wildman–Crippen LogP) is 13.8. The average molecular weight is 721 g/mol. The summed E-state index contributed by atoms with van der Waals surface area (Å²) in [5.41, 5.74) is 5.82. The van der Waals surface area contributed by atoms with Crippen LogP contribution in [-0.2, 0) is 0 Å². The number of fused-ring (bicyclic) bond motifs is 12. The van der Waals surface area contributed by atoms with E-state index in [-0.39, 0.29) is 23.0 Å². The monoisotopic (exact) mass is 720 g/mol. The number of rotatable bonds is 4. The van der Waals surface area contributed by atoms with Crippen molar-refractivity contribution in [2.24, 2.45) is 0 Å². The van der Waals surface area contributed by atoms with Crippen molar-refractivity contribution in [3.63, 3.8) is 0 Å². The number of furan rings is 2. The third-order valence-electron chi connectivity index (χ3n) is 10.8. The lowest BCUT2D eigenvalue weighted by Crippen LogP contribution is -2.00. The number of para-hydroxylation sites is 2. The van der Waals surface area contributed by atoms with Crippen LogP contribution in [0, 0.1) is 0 Å². The molecule has 260 valence electrons. The fourth-order valence-corrected chi connectivity index (χ4v) is 8.21. The second-order valence-corrected chi connectivity index (χ2v) is 14.0. The molecule has 0 amide bonds. The van der Waals surface area contributed by atoms with Gasteiger partial charge in [0.1, 0.15) is 22.3 Å². The molecule has 0 radical (unpaired) electrons. The third kappa shape index (κ3) is 4.71. The van der Waals surface area contributed by atoms with Gasteiger partial charge < -0.3 is 8.83 Å². The summed E-state index contributed by atoms with van der Waals surface area (Å²) >= 11 is 0. The largest absolute Gasteiger partial charge is 0.456 e. The van der Waals surface area contributed by atoms with E-state index in [1.54, 1.807) is 0 Å². The van der Waals surface area contributed by atoms with Gasteiger partial charge in [-0.05, 0) is 74.3 Å². The summed E-state index contributed by atoms with van der Waals surface area (Å²) in [7, 11) is 0. The van der Waals surface area contributed by atoms with Gasteiger partial charge in [0, 0.05) is 43.8 Å². The maximum atomic E-state index is 8.77. The molecule has 0 unspecified atom stereocenters. The van der Waals surface area contributed by atoms with E-state index in [1.807, 2.05) is 66.7 Å². The Morgan fingerprint density at radius 2 is 0.821 bits per heavy atom. The van der Waals surface area contributed by atoms with Crippen molar-refractivity contribution in [2.45, 2.75) is 0 Å². The van der Waals surface area contributed by atoms with E-state index in [9.17, 15) is 0 Å². The molecule has 0 atom stereocenters. The van der Waals surface area contributed by atoms with Gasteiger partial charge in [-0.1, -0.05) is 139 Å². The Morgan fingerprint density at radius 1 is 0.339 bits per heavy atom. The second-order valence-electron chi connectivity index (χ2n) is 14.0. The number of nitrogens with zero attached hydrogens (tertiary/aromatic N) is 3. The zero-order valence-corrected chi connectivity index (χ0v) is 29.5. The number of hydrogen-bond donors (Lipinski definition) is 0. The molecule has 0 fully saturated rings. The Bertz CT molecular complexity index is 3790. The first-order chi connectivity index (χ1) is 29.8. The molecule has 5 heteroatoms. The van der Waals surface area contributed by atoms with E-state index in [0.717, 1.165) is 43.8 Å². The molecule has 0 N–H and O–H groups in total. The topological polar surface area (TPSA) is 65.0 Å². The van der Waals surface area contributed by atoms with Crippen molar-refractivity contribution in [2.75, 3.05) is 0 Å². The molecule has 3 heterocycles. The van der Waals surface area contributed by atoms with Crippen LogP contribution in [0.5, 0.6) is 0 Å². The highest BCUT2D eigenvalue weighted by atomic mass is 16.3. The minimum atomic E-state index is -0.496. The average Bonchev–Trinajstić information content (AvgIpc) is 3.88. The van der Waals surface area contributed by atoms with Gasteiger partial charge in [-0.25, -0.2) is 15.0 Å². The standard InChI is InChI=1S/C51H29N3O2/c1-2-11-30(12-3-1)49-52-50(32-22-25-41-40-17-8-9-20-45(40)55-46(41)28-32)54-51(53-49)33-23-26-42-43-19-10-18-34(48(43)56-47(42)29-33)31-21-24-39-37-15-5-4-13-35(37)36-14-6-7-16-38(36)44(39)27-31/h1-29H/i1D,2D,3D,11D,12D. The molecular weight excluding hydrogens is 687 g/mol. The van der Waals surface area contributed by atoms with Crippen molar-refractivity contribution in [3.8, 4) is 45.3 Å². The predicted molar refractivity (Wildman–Crippen MR) is 229 cm³/mol. The van der Waals surface area contributed by atoms with Crippen LogP contribution >= 0.6 is 0 Å². The Morgan fingerprint density at radius 3 is 1.50 bits per heavy atom. The molecule has 0 saturated heterocycles. The highest BCUT2D eigenvalue weighted by Crippen LogP contribution is 2.41. The number of aromatic nitrogens is 3. The zero-order chi connectivity index (χ0) is 41.1. The number of benzene rings is 9. The summed E-state index contributed by atoms with van der Waals surface area (Å²) in [5.74, 6) is 0.441. The molecule has 12 aromatic rings. The van der Waals surface area contributed by atoms with E-state index in [2.05, 4.69) is 78.9 Å². The fraction of sp³-hybridized carbons (Fsp3) is 0.